The maximum atomic E-state index is 12.7. The van der Waals surface area contributed by atoms with Crippen molar-refractivity contribution in [2.45, 2.75) is 44.3 Å². The number of amides is 4. The monoisotopic (exact) mass is 431 g/mol. The molecule has 160 valence electrons. The summed E-state index contributed by atoms with van der Waals surface area (Å²) >= 11 is 6.03. The second kappa shape index (κ2) is 8.55. The third-order valence-electron chi connectivity index (χ3n) is 5.94. The van der Waals surface area contributed by atoms with Crippen LogP contribution in [0.3, 0.4) is 0 Å². The van der Waals surface area contributed by atoms with E-state index in [0.29, 0.717) is 37.5 Å². The van der Waals surface area contributed by atoms with E-state index in [1.165, 1.54) is 0 Å². The number of nitrogens with one attached hydrogen (secondary N) is 3. The van der Waals surface area contributed by atoms with Crippen molar-refractivity contribution in [2.75, 3.05) is 20.1 Å². The van der Waals surface area contributed by atoms with Gasteiger partial charge < -0.3 is 25.4 Å². The van der Waals surface area contributed by atoms with Crippen LogP contribution in [-0.2, 0) is 16.1 Å². The number of hydrogen-bond acceptors (Lipinski definition) is 3. The molecule has 0 spiro atoms. The van der Waals surface area contributed by atoms with E-state index in [4.69, 9.17) is 11.6 Å². The number of hydrogen-bond donors (Lipinski definition) is 3. The van der Waals surface area contributed by atoms with E-state index >= 15 is 0 Å². The second-order valence-electron chi connectivity index (χ2n) is 8.03. The van der Waals surface area contributed by atoms with Gasteiger partial charge in [0.15, 0.2) is 0 Å². The summed E-state index contributed by atoms with van der Waals surface area (Å²) in [5, 5.41) is 7.35. The number of benzene rings is 1. The van der Waals surface area contributed by atoms with Gasteiger partial charge in [0.1, 0.15) is 6.04 Å². The van der Waals surface area contributed by atoms with E-state index in [-0.39, 0.29) is 23.9 Å². The Morgan fingerprint density at radius 3 is 2.90 bits per heavy atom. The minimum absolute atomic E-state index is 0.0453. The largest absolute Gasteiger partial charge is 0.357 e. The van der Waals surface area contributed by atoms with Crippen molar-refractivity contribution in [3.05, 3.63) is 35.0 Å². The fourth-order valence-corrected chi connectivity index (χ4v) is 4.39. The highest BCUT2D eigenvalue weighted by Crippen LogP contribution is 2.21. The standard InChI is InChI=1S/C21H26ClN5O3/c1-26(16-3-2-8-27(12-16)20(29)18-6-7-19(28)25-18)21(30)23-11-15-10-13-9-14(22)4-5-17(13)24-15/h4-5,9-10,16,18,24H,2-3,6-8,11-12H2,1H3,(H,23,30)(H,25,28). The van der Waals surface area contributed by atoms with E-state index in [9.17, 15) is 14.4 Å². The van der Waals surface area contributed by atoms with Gasteiger partial charge in [0.2, 0.25) is 11.8 Å². The zero-order chi connectivity index (χ0) is 21.3. The van der Waals surface area contributed by atoms with Crippen molar-refractivity contribution in [3.8, 4) is 0 Å². The third kappa shape index (κ3) is 4.38. The zero-order valence-electron chi connectivity index (χ0n) is 16.9. The van der Waals surface area contributed by atoms with E-state index in [2.05, 4.69) is 15.6 Å². The number of carbonyl (C=O) groups excluding carboxylic acids is 3. The predicted molar refractivity (Wildman–Crippen MR) is 114 cm³/mol. The van der Waals surface area contributed by atoms with Crippen LogP contribution in [-0.4, -0.2) is 64.9 Å². The third-order valence-corrected chi connectivity index (χ3v) is 6.17. The van der Waals surface area contributed by atoms with Gasteiger partial charge in [0, 0.05) is 48.2 Å². The number of H-pyrrole nitrogens is 1. The average Bonchev–Trinajstić information content (AvgIpc) is 3.36. The van der Waals surface area contributed by atoms with Gasteiger partial charge in [-0.05, 0) is 43.5 Å². The fourth-order valence-electron chi connectivity index (χ4n) is 4.21. The minimum Gasteiger partial charge on any atom is -0.357 e. The fraction of sp³-hybridized carbons (Fsp3) is 0.476. The first kappa shape index (κ1) is 20.5. The number of urea groups is 1. The Morgan fingerprint density at radius 1 is 1.30 bits per heavy atom. The molecular formula is C21H26ClN5O3. The molecule has 2 saturated heterocycles. The van der Waals surface area contributed by atoms with Gasteiger partial charge >= 0.3 is 6.03 Å². The number of fused-ring (bicyclic) bond motifs is 1. The van der Waals surface area contributed by atoms with Crippen LogP contribution in [0.15, 0.2) is 24.3 Å². The molecule has 2 aliphatic rings. The van der Waals surface area contributed by atoms with E-state index in [1.54, 1.807) is 16.8 Å². The molecule has 4 amide bonds. The molecule has 9 heteroatoms. The first-order valence-corrected chi connectivity index (χ1v) is 10.6. The Kier molecular flexibility index (Phi) is 5.85. The molecule has 2 unspecified atom stereocenters. The van der Waals surface area contributed by atoms with Crippen molar-refractivity contribution >= 4 is 40.3 Å². The lowest BCUT2D eigenvalue weighted by Gasteiger charge is -2.38. The molecule has 8 nitrogen and oxygen atoms in total. The summed E-state index contributed by atoms with van der Waals surface area (Å²) in [5.41, 5.74) is 1.86. The molecule has 3 heterocycles. The van der Waals surface area contributed by atoms with Crippen LogP contribution in [0.1, 0.15) is 31.4 Å². The first-order chi connectivity index (χ1) is 14.4. The van der Waals surface area contributed by atoms with Crippen LogP contribution in [0.4, 0.5) is 4.79 Å². The van der Waals surface area contributed by atoms with Gasteiger partial charge in [-0.25, -0.2) is 4.79 Å². The Labute approximate surface area is 179 Å². The lowest BCUT2D eigenvalue weighted by Crippen LogP contribution is -2.55. The van der Waals surface area contributed by atoms with Crippen LogP contribution < -0.4 is 10.6 Å². The lowest BCUT2D eigenvalue weighted by atomic mass is 10.0. The smallest absolute Gasteiger partial charge is 0.317 e. The number of aromatic nitrogens is 1. The molecule has 0 saturated carbocycles. The number of aromatic amines is 1. The number of nitrogens with zero attached hydrogens (tertiary/aromatic N) is 2. The quantitative estimate of drug-likeness (QED) is 0.692. The summed E-state index contributed by atoms with van der Waals surface area (Å²) in [4.78, 5) is 43.5. The summed E-state index contributed by atoms with van der Waals surface area (Å²) in [6.07, 6.45) is 2.62. The second-order valence-corrected chi connectivity index (χ2v) is 8.47. The Balaban J connectivity index is 1.32. The van der Waals surface area contributed by atoms with Crippen LogP contribution in [0.5, 0.6) is 0 Å². The molecule has 4 rings (SSSR count). The maximum absolute atomic E-state index is 12.7. The highest BCUT2D eigenvalue weighted by atomic mass is 35.5. The summed E-state index contributed by atoms with van der Waals surface area (Å²) in [6.45, 7) is 1.52. The molecule has 2 atom stereocenters. The number of halogens is 1. The average molecular weight is 432 g/mol. The number of likely N-dealkylation sites (N-methyl/N-ethyl adjacent to an activating group) is 1. The molecule has 0 radical (unpaired) electrons. The van der Waals surface area contributed by atoms with Crippen molar-refractivity contribution in [1.82, 2.24) is 25.4 Å². The Bertz CT molecular complexity index is 975. The van der Waals surface area contributed by atoms with Crippen LogP contribution >= 0.6 is 11.6 Å². The summed E-state index contributed by atoms with van der Waals surface area (Å²) in [6, 6.07) is 6.93. The SMILES string of the molecule is CN(C(=O)NCc1cc2cc(Cl)ccc2[nH]1)C1CCCN(C(=O)C2CCC(=O)N2)C1. The topological polar surface area (TPSA) is 97.5 Å². The van der Waals surface area contributed by atoms with E-state index in [0.717, 1.165) is 29.4 Å². The number of carbonyl (C=O) groups is 3. The highest BCUT2D eigenvalue weighted by molar-refractivity contribution is 6.31. The van der Waals surface area contributed by atoms with Crippen molar-refractivity contribution < 1.29 is 14.4 Å². The van der Waals surface area contributed by atoms with Crippen molar-refractivity contribution in [3.63, 3.8) is 0 Å². The first-order valence-electron chi connectivity index (χ1n) is 10.3. The molecule has 2 aliphatic heterocycles. The van der Waals surface area contributed by atoms with Crippen molar-refractivity contribution in [2.24, 2.45) is 0 Å². The van der Waals surface area contributed by atoms with E-state index in [1.807, 2.05) is 24.3 Å². The highest BCUT2D eigenvalue weighted by Gasteiger charge is 2.34. The molecule has 2 fully saturated rings. The van der Waals surface area contributed by atoms with Gasteiger partial charge in [0.05, 0.1) is 12.6 Å². The van der Waals surface area contributed by atoms with Gasteiger partial charge in [-0.15, -0.1) is 0 Å². The summed E-state index contributed by atoms with van der Waals surface area (Å²) in [7, 11) is 1.76. The van der Waals surface area contributed by atoms with Gasteiger partial charge in [-0.2, -0.15) is 0 Å². The lowest BCUT2D eigenvalue weighted by molar-refractivity contribution is -0.136. The minimum atomic E-state index is -0.425. The molecule has 2 aromatic rings. The summed E-state index contributed by atoms with van der Waals surface area (Å²) in [5.74, 6) is -0.117. The number of rotatable bonds is 4. The molecule has 1 aromatic heterocycles. The number of piperidine rings is 1. The van der Waals surface area contributed by atoms with Crippen LogP contribution in [0, 0.1) is 0 Å². The van der Waals surface area contributed by atoms with Crippen LogP contribution in [0.2, 0.25) is 5.02 Å². The van der Waals surface area contributed by atoms with Gasteiger partial charge in [0.25, 0.3) is 0 Å². The predicted octanol–water partition coefficient (Wildman–Crippen LogP) is 2.23. The molecule has 1 aromatic carbocycles. The molecule has 30 heavy (non-hydrogen) atoms. The normalized spacial score (nSPS) is 21.5. The Morgan fingerprint density at radius 2 is 2.13 bits per heavy atom. The maximum Gasteiger partial charge on any atom is 0.317 e. The zero-order valence-corrected chi connectivity index (χ0v) is 17.7. The molecule has 0 aliphatic carbocycles. The summed E-state index contributed by atoms with van der Waals surface area (Å²) < 4.78 is 0. The van der Waals surface area contributed by atoms with E-state index < -0.39 is 6.04 Å². The van der Waals surface area contributed by atoms with Crippen molar-refractivity contribution in [1.29, 1.82) is 0 Å². The van der Waals surface area contributed by atoms with Gasteiger partial charge in [-0.1, -0.05) is 11.6 Å². The van der Waals surface area contributed by atoms with Crippen LogP contribution in [0.25, 0.3) is 10.9 Å². The van der Waals surface area contributed by atoms with Gasteiger partial charge in [-0.3, -0.25) is 9.59 Å². The number of likely N-dealkylation sites (tertiary alicyclic amines) is 1. The molecule has 0 bridgehead atoms. The molecular weight excluding hydrogens is 406 g/mol. The Hall–Kier alpha value is -2.74. The molecule has 3 N–H and O–H groups in total.